The minimum atomic E-state index is -0.912. The molecule has 0 fully saturated rings. The minimum Gasteiger partial charge on any atom is -0.481 e. The van der Waals surface area contributed by atoms with Crippen LogP contribution in [0.4, 0.5) is 0 Å². The molecule has 0 spiro atoms. The van der Waals surface area contributed by atoms with Crippen LogP contribution in [0.5, 0.6) is 0 Å². The molecule has 0 bridgehead atoms. The number of carbonyl (C=O) groups is 1. The van der Waals surface area contributed by atoms with E-state index in [1.54, 1.807) is 6.33 Å². The predicted octanol–water partition coefficient (Wildman–Crippen LogP) is 1.39. The third kappa shape index (κ3) is 2.15. The summed E-state index contributed by atoms with van der Waals surface area (Å²) >= 11 is 0. The zero-order valence-corrected chi connectivity index (χ0v) is 7.82. The van der Waals surface area contributed by atoms with Crippen molar-refractivity contribution in [2.75, 3.05) is 0 Å². The van der Waals surface area contributed by atoms with Gasteiger partial charge >= 0.3 is 5.97 Å². The fraction of sp³-hybridized carbons (Fsp3) is 0.0909. The molecule has 0 saturated heterocycles. The molecule has 1 heterocycles. The summed E-state index contributed by atoms with van der Waals surface area (Å²) in [4.78, 5) is 17.3. The Bertz CT molecular complexity index is 560. The lowest BCUT2D eigenvalue weighted by molar-refractivity contribution is -0.135. The van der Waals surface area contributed by atoms with Crippen molar-refractivity contribution in [3.63, 3.8) is 0 Å². The van der Waals surface area contributed by atoms with Crippen molar-refractivity contribution >= 4 is 17.0 Å². The lowest BCUT2D eigenvalue weighted by atomic mass is 10.2. The van der Waals surface area contributed by atoms with Crippen molar-refractivity contribution < 1.29 is 9.90 Å². The van der Waals surface area contributed by atoms with Crippen LogP contribution in [0.15, 0.2) is 24.5 Å². The van der Waals surface area contributed by atoms with Crippen LogP contribution in [-0.2, 0) is 4.79 Å². The highest BCUT2D eigenvalue weighted by molar-refractivity contribution is 5.76. The van der Waals surface area contributed by atoms with Crippen LogP contribution in [0.2, 0.25) is 0 Å². The molecule has 0 aliphatic heterocycles. The molecule has 0 radical (unpaired) electrons. The number of fused-ring (bicyclic) bond motifs is 1. The lowest BCUT2D eigenvalue weighted by Crippen LogP contribution is -1.90. The highest BCUT2D eigenvalue weighted by Gasteiger charge is 1.95. The molecule has 0 amide bonds. The summed E-state index contributed by atoms with van der Waals surface area (Å²) in [6, 6.07) is 5.51. The third-order valence-corrected chi connectivity index (χ3v) is 1.89. The van der Waals surface area contributed by atoms with E-state index in [0.717, 1.165) is 16.6 Å². The second kappa shape index (κ2) is 3.84. The molecule has 74 valence electrons. The van der Waals surface area contributed by atoms with Crippen molar-refractivity contribution in [1.82, 2.24) is 9.97 Å². The Hall–Kier alpha value is -2.28. The SMILES string of the molecule is O=C(O)CC#Cc1ccc2nc[nH]c2c1. The summed E-state index contributed by atoms with van der Waals surface area (Å²) in [7, 11) is 0. The van der Waals surface area contributed by atoms with Gasteiger partial charge < -0.3 is 10.1 Å². The Labute approximate surface area is 86.0 Å². The van der Waals surface area contributed by atoms with Crippen molar-refractivity contribution in [3.05, 3.63) is 30.1 Å². The average Bonchev–Trinajstić information content (AvgIpc) is 2.64. The van der Waals surface area contributed by atoms with Gasteiger partial charge in [0.15, 0.2) is 0 Å². The number of imidazole rings is 1. The fourth-order valence-corrected chi connectivity index (χ4v) is 1.24. The molecule has 4 heteroatoms. The first kappa shape index (κ1) is 9.28. The molecule has 0 unspecified atom stereocenters. The van der Waals surface area contributed by atoms with E-state index in [0.29, 0.717) is 0 Å². The van der Waals surface area contributed by atoms with E-state index >= 15 is 0 Å². The Kier molecular flexibility index (Phi) is 2.38. The molecule has 2 aromatic rings. The van der Waals surface area contributed by atoms with Gasteiger partial charge in [-0.2, -0.15) is 0 Å². The first-order valence-corrected chi connectivity index (χ1v) is 4.39. The maximum Gasteiger partial charge on any atom is 0.315 e. The Morgan fingerprint density at radius 3 is 3.20 bits per heavy atom. The highest BCUT2D eigenvalue weighted by atomic mass is 16.4. The summed E-state index contributed by atoms with van der Waals surface area (Å²) in [5, 5.41) is 8.41. The number of H-pyrrole nitrogens is 1. The summed E-state index contributed by atoms with van der Waals surface area (Å²) in [5.74, 6) is 4.44. The van der Waals surface area contributed by atoms with Crippen molar-refractivity contribution in [2.24, 2.45) is 0 Å². The molecule has 1 aromatic heterocycles. The number of aliphatic carboxylic acids is 1. The topological polar surface area (TPSA) is 66.0 Å². The molecule has 0 aliphatic carbocycles. The second-order valence-electron chi connectivity index (χ2n) is 3.01. The van der Waals surface area contributed by atoms with Gasteiger partial charge in [0.05, 0.1) is 17.4 Å². The quantitative estimate of drug-likeness (QED) is 0.683. The van der Waals surface area contributed by atoms with E-state index in [-0.39, 0.29) is 6.42 Å². The summed E-state index contributed by atoms with van der Waals surface area (Å²) in [5.41, 5.74) is 2.56. The summed E-state index contributed by atoms with van der Waals surface area (Å²) in [6.45, 7) is 0. The molecular weight excluding hydrogens is 192 g/mol. The number of hydrogen-bond donors (Lipinski definition) is 2. The average molecular weight is 200 g/mol. The number of rotatable bonds is 1. The van der Waals surface area contributed by atoms with Gasteiger partial charge in [-0.25, -0.2) is 4.98 Å². The molecule has 15 heavy (non-hydrogen) atoms. The van der Waals surface area contributed by atoms with Crippen molar-refractivity contribution in [2.45, 2.75) is 6.42 Å². The van der Waals surface area contributed by atoms with Crippen LogP contribution in [0, 0.1) is 11.8 Å². The highest BCUT2D eigenvalue weighted by Crippen LogP contribution is 2.10. The third-order valence-electron chi connectivity index (χ3n) is 1.89. The van der Waals surface area contributed by atoms with Gasteiger partial charge in [0.1, 0.15) is 6.42 Å². The molecule has 2 N–H and O–H groups in total. The van der Waals surface area contributed by atoms with E-state index in [2.05, 4.69) is 21.8 Å². The number of nitrogens with zero attached hydrogens (tertiary/aromatic N) is 1. The minimum absolute atomic E-state index is 0.138. The lowest BCUT2D eigenvalue weighted by Gasteiger charge is -1.90. The monoisotopic (exact) mass is 200 g/mol. The molecule has 0 atom stereocenters. The zero-order valence-electron chi connectivity index (χ0n) is 7.82. The normalized spacial score (nSPS) is 9.60. The van der Waals surface area contributed by atoms with Crippen LogP contribution in [0.1, 0.15) is 12.0 Å². The summed E-state index contributed by atoms with van der Waals surface area (Å²) in [6.07, 6.45) is 1.47. The number of benzene rings is 1. The molecule has 1 aromatic carbocycles. The van der Waals surface area contributed by atoms with Crippen LogP contribution in [-0.4, -0.2) is 21.0 Å². The molecule has 2 rings (SSSR count). The standard InChI is InChI=1S/C11H8N2O2/c14-11(15)3-1-2-8-4-5-9-10(6-8)13-7-12-9/h4-7H,3H2,(H,12,13)(H,14,15). The molecular formula is C11H8N2O2. The maximum atomic E-state index is 10.2. The van der Waals surface area contributed by atoms with Crippen LogP contribution in [0.25, 0.3) is 11.0 Å². The Balaban J connectivity index is 2.27. The number of hydrogen-bond acceptors (Lipinski definition) is 2. The van der Waals surface area contributed by atoms with E-state index in [9.17, 15) is 4.79 Å². The zero-order chi connectivity index (χ0) is 10.7. The Morgan fingerprint density at radius 1 is 1.53 bits per heavy atom. The largest absolute Gasteiger partial charge is 0.481 e. The van der Waals surface area contributed by atoms with Gasteiger partial charge in [-0.1, -0.05) is 11.8 Å². The van der Waals surface area contributed by atoms with Crippen LogP contribution < -0.4 is 0 Å². The van der Waals surface area contributed by atoms with Crippen molar-refractivity contribution in [1.29, 1.82) is 0 Å². The number of aromatic nitrogens is 2. The van der Waals surface area contributed by atoms with Gasteiger partial charge in [-0.05, 0) is 18.2 Å². The smallest absolute Gasteiger partial charge is 0.315 e. The van der Waals surface area contributed by atoms with Crippen LogP contribution >= 0.6 is 0 Å². The van der Waals surface area contributed by atoms with E-state index in [1.165, 1.54) is 0 Å². The summed E-state index contributed by atoms with van der Waals surface area (Å²) < 4.78 is 0. The number of nitrogens with one attached hydrogen (secondary N) is 1. The van der Waals surface area contributed by atoms with Gasteiger partial charge in [0.25, 0.3) is 0 Å². The van der Waals surface area contributed by atoms with E-state index in [1.807, 2.05) is 18.2 Å². The first-order valence-electron chi connectivity index (χ1n) is 4.39. The van der Waals surface area contributed by atoms with Crippen LogP contribution in [0.3, 0.4) is 0 Å². The van der Waals surface area contributed by atoms with Gasteiger partial charge in [0, 0.05) is 5.56 Å². The number of aromatic amines is 1. The van der Waals surface area contributed by atoms with Gasteiger partial charge in [-0.15, -0.1) is 0 Å². The molecule has 0 aliphatic rings. The maximum absolute atomic E-state index is 10.2. The van der Waals surface area contributed by atoms with Gasteiger partial charge in [0.2, 0.25) is 0 Å². The number of carboxylic acid groups (broad SMARTS) is 1. The predicted molar refractivity (Wildman–Crippen MR) is 55.2 cm³/mol. The number of carboxylic acids is 1. The fourth-order valence-electron chi connectivity index (χ4n) is 1.24. The Morgan fingerprint density at radius 2 is 2.40 bits per heavy atom. The molecule has 0 saturated carbocycles. The second-order valence-corrected chi connectivity index (χ2v) is 3.01. The van der Waals surface area contributed by atoms with E-state index in [4.69, 9.17) is 5.11 Å². The van der Waals surface area contributed by atoms with E-state index < -0.39 is 5.97 Å². The van der Waals surface area contributed by atoms with Crippen molar-refractivity contribution in [3.8, 4) is 11.8 Å². The van der Waals surface area contributed by atoms with Gasteiger partial charge in [-0.3, -0.25) is 4.79 Å². The molecule has 4 nitrogen and oxygen atoms in total. The first-order chi connectivity index (χ1) is 7.25.